The lowest BCUT2D eigenvalue weighted by molar-refractivity contribution is -0.134. The minimum atomic E-state index is -0.390. The molecule has 0 fully saturated rings. The Kier molecular flexibility index (Phi) is 5.49. The van der Waals surface area contributed by atoms with Gasteiger partial charge in [-0.2, -0.15) is 0 Å². The average Bonchev–Trinajstić information content (AvgIpc) is 3.06. The molecule has 0 spiro atoms. The Morgan fingerprint density at radius 1 is 1.12 bits per heavy atom. The fourth-order valence-electron chi connectivity index (χ4n) is 2.43. The molecule has 0 aliphatic rings. The zero-order chi connectivity index (χ0) is 18.4. The Morgan fingerprint density at radius 3 is 2.54 bits per heavy atom. The van der Waals surface area contributed by atoms with Gasteiger partial charge in [0.25, 0.3) is 0 Å². The average molecular weight is 349 g/mol. The van der Waals surface area contributed by atoms with Gasteiger partial charge < -0.3 is 13.9 Å². The third-order valence-corrected chi connectivity index (χ3v) is 3.74. The van der Waals surface area contributed by atoms with Crippen molar-refractivity contribution in [2.75, 3.05) is 7.11 Å². The summed E-state index contributed by atoms with van der Waals surface area (Å²) in [4.78, 5) is 15.6. The van der Waals surface area contributed by atoms with Crippen molar-refractivity contribution in [2.24, 2.45) is 0 Å². The van der Waals surface area contributed by atoms with Gasteiger partial charge in [0.05, 0.1) is 7.11 Å². The van der Waals surface area contributed by atoms with Gasteiger partial charge in [-0.25, -0.2) is 9.78 Å². The van der Waals surface area contributed by atoms with E-state index in [2.05, 4.69) is 9.72 Å². The van der Waals surface area contributed by atoms with Crippen LogP contribution in [-0.2, 0) is 16.1 Å². The van der Waals surface area contributed by atoms with Crippen LogP contribution in [0.1, 0.15) is 17.2 Å². The lowest BCUT2D eigenvalue weighted by Crippen LogP contribution is -1.96. The van der Waals surface area contributed by atoms with Crippen LogP contribution in [0.2, 0.25) is 0 Å². The van der Waals surface area contributed by atoms with Crippen LogP contribution >= 0.6 is 0 Å². The minimum Gasteiger partial charge on any atom is -0.484 e. The number of carbonyl (C=O) groups excluding carboxylic acids is 1. The summed E-state index contributed by atoms with van der Waals surface area (Å²) in [6.07, 6.45) is 3.05. The molecule has 0 radical (unpaired) electrons. The van der Waals surface area contributed by atoms with E-state index in [0.717, 1.165) is 22.6 Å². The van der Waals surface area contributed by atoms with Gasteiger partial charge in [0, 0.05) is 11.6 Å². The molecule has 1 heterocycles. The van der Waals surface area contributed by atoms with E-state index in [1.165, 1.54) is 13.2 Å². The highest BCUT2D eigenvalue weighted by Gasteiger charge is 2.11. The van der Waals surface area contributed by atoms with E-state index in [4.69, 9.17) is 9.15 Å². The van der Waals surface area contributed by atoms with Crippen molar-refractivity contribution < 1.29 is 18.7 Å². The quantitative estimate of drug-likeness (QED) is 0.487. The highest BCUT2D eigenvalue weighted by atomic mass is 16.5. The Labute approximate surface area is 151 Å². The maximum atomic E-state index is 11.1. The van der Waals surface area contributed by atoms with Gasteiger partial charge in [0.2, 0.25) is 5.89 Å². The van der Waals surface area contributed by atoms with Crippen LogP contribution in [0.5, 0.6) is 5.75 Å². The third-order valence-electron chi connectivity index (χ3n) is 3.74. The first-order chi connectivity index (χ1) is 12.7. The Bertz CT molecular complexity index is 896. The van der Waals surface area contributed by atoms with Gasteiger partial charge in [-0.1, -0.05) is 42.5 Å². The molecular formula is C21H19NO4. The number of oxazole rings is 1. The van der Waals surface area contributed by atoms with E-state index in [0.29, 0.717) is 11.6 Å². The van der Waals surface area contributed by atoms with Gasteiger partial charge in [0.1, 0.15) is 17.2 Å². The first-order valence-electron chi connectivity index (χ1n) is 8.16. The van der Waals surface area contributed by atoms with Crippen LogP contribution < -0.4 is 4.74 Å². The largest absolute Gasteiger partial charge is 0.484 e. The van der Waals surface area contributed by atoms with Gasteiger partial charge in [0.15, 0.2) is 6.61 Å². The fourth-order valence-corrected chi connectivity index (χ4v) is 2.43. The van der Waals surface area contributed by atoms with Gasteiger partial charge in [-0.3, -0.25) is 0 Å². The van der Waals surface area contributed by atoms with Crippen LogP contribution in [0.3, 0.4) is 0 Å². The molecule has 0 atom stereocenters. The number of hydrogen-bond acceptors (Lipinski definition) is 5. The summed E-state index contributed by atoms with van der Waals surface area (Å²) in [5.74, 6) is 1.59. The molecule has 3 rings (SSSR count). The van der Waals surface area contributed by atoms with Gasteiger partial charge in [-0.05, 0) is 30.7 Å². The smallest absolute Gasteiger partial charge is 0.330 e. The van der Waals surface area contributed by atoms with Crippen LogP contribution in [-0.4, -0.2) is 18.1 Å². The van der Waals surface area contributed by atoms with Crippen molar-refractivity contribution in [1.29, 1.82) is 0 Å². The Morgan fingerprint density at radius 2 is 1.85 bits per heavy atom. The third kappa shape index (κ3) is 4.39. The summed E-state index contributed by atoms with van der Waals surface area (Å²) < 4.78 is 16.0. The molecule has 0 N–H and O–H groups in total. The topological polar surface area (TPSA) is 61.6 Å². The number of carbonyl (C=O) groups is 1. The number of methoxy groups -OCH3 is 1. The van der Waals surface area contributed by atoms with Gasteiger partial charge >= 0.3 is 5.97 Å². The molecule has 0 saturated heterocycles. The van der Waals surface area contributed by atoms with E-state index in [-0.39, 0.29) is 12.6 Å². The minimum absolute atomic E-state index is 0.241. The van der Waals surface area contributed by atoms with Crippen LogP contribution in [0.25, 0.3) is 17.3 Å². The number of aromatic nitrogens is 1. The van der Waals surface area contributed by atoms with Gasteiger partial charge in [-0.15, -0.1) is 0 Å². The van der Waals surface area contributed by atoms with E-state index in [1.807, 2.05) is 61.5 Å². The van der Waals surface area contributed by atoms with Crippen molar-refractivity contribution in [3.8, 4) is 17.0 Å². The lowest BCUT2D eigenvalue weighted by atomic mass is 10.1. The van der Waals surface area contributed by atoms with Crippen molar-refractivity contribution in [2.45, 2.75) is 13.5 Å². The van der Waals surface area contributed by atoms with E-state index in [9.17, 15) is 4.79 Å². The molecule has 132 valence electrons. The molecule has 26 heavy (non-hydrogen) atoms. The number of nitrogens with zero attached hydrogens (tertiary/aromatic N) is 1. The summed E-state index contributed by atoms with van der Waals surface area (Å²) in [7, 11) is 1.34. The molecule has 0 bridgehead atoms. The summed E-state index contributed by atoms with van der Waals surface area (Å²) in [5, 5.41) is 0. The maximum Gasteiger partial charge on any atom is 0.330 e. The van der Waals surface area contributed by atoms with E-state index < -0.39 is 0 Å². The molecule has 5 heteroatoms. The zero-order valence-electron chi connectivity index (χ0n) is 14.6. The van der Waals surface area contributed by atoms with Crippen LogP contribution in [0.4, 0.5) is 0 Å². The monoisotopic (exact) mass is 349 g/mol. The van der Waals surface area contributed by atoms with E-state index in [1.54, 1.807) is 6.08 Å². The van der Waals surface area contributed by atoms with Crippen LogP contribution in [0, 0.1) is 6.92 Å². The highest BCUT2D eigenvalue weighted by molar-refractivity contribution is 5.86. The maximum absolute atomic E-state index is 11.1. The Balaban J connectivity index is 1.63. The van der Waals surface area contributed by atoms with Crippen molar-refractivity contribution in [3.63, 3.8) is 0 Å². The van der Waals surface area contributed by atoms with Crippen molar-refractivity contribution in [1.82, 2.24) is 4.98 Å². The SMILES string of the molecule is COC(=O)C=Cc1ccc(OCc2nc(-c3ccccc3)c(C)o2)cc1. The molecule has 5 nitrogen and oxygen atoms in total. The number of esters is 1. The number of aryl methyl sites for hydroxylation is 1. The van der Waals surface area contributed by atoms with Crippen molar-refractivity contribution >= 4 is 12.0 Å². The number of benzene rings is 2. The van der Waals surface area contributed by atoms with Crippen LogP contribution in [0.15, 0.2) is 65.1 Å². The summed E-state index contributed by atoms with van der Waals surface area (Å²) in [5.41, 5.74) is 2.72. The molecular weight excluding hydrogens is 330 g/mol. The summed E-state index contributed by atoms with van der Waals surface area (Å²) in [6, 6.07) is 17.2. The standard InChI is InChI=1S/C21H19NO4/c1-15-21(17-6-4-3-5-7-17)22-19(26-15)14-25-18-11-8-16(9-12-18)10-13-20(23)24-2/h3-13H,14H2,1-2H3. The summed E-state index contributed by atoms with van der Waals surface area (Å²) in [6.45, 7) is 2.13. The fraction of sp³-hybridized carbons (Fsp3) is 0.143. The molecule has 0 unspecified atom stereocenters. The normalized spacial score (nSPS) is 10.8. The second-order valence-corrected chi connectivity index (χ2v) is 5.59. The first kappa shape index (κ1) is 17.5. The van der Waals surface area contributed by atoms with E-state index >= 15 is 0 Å². The molecule has 1 aromatic heterocycles. The molecule has 0 aliphatic heterocycles. The van der Waals surface area contributed by atoms with Crippen molar-refractivity contribution in [3.05, 3.63) is 77.9 Å². The number of rotatable bonds is 6. The molecule has 0 amide bonds. The number of ether oxygens (including phenoxy) is 2. The second kappa shape index (κ2) is 8.16. The molecule has 0 aliphatic carbocycles. The highest BCUT2D eigenvalue weighted by Crippen LogP contribution is 2.24. The molecule has 2 aromatic carbocycles. The predicted molar refractivity (Wildman–Crippen MR) is 98.5 cm³/mol. The first-order valence-corrected chi connectivity index (χ1v) is 8.16. The second-order valence-electron chi connectivity index (χ2n) is 5.59. The molecule has 0 saturated carbocycles. The Hall–Kier alpha value is -3.34. The number of hydrogen-bond donors (Lipinski definition) is 0. The predicted octanol–water partition coefficient (Wildman–Crippen LogP) is 4.42. The summed E-state index contributed by atoms with van der Waals surface area (Å²) >= 11 is 0. The molecule has 3 aromatic rings. The lowest BCUT2D eigenvalue weighted by Gasteiger charge is -2.03. The zero-order valence-corrected chi connectivity index (χ0v) is 14.6.